The molecule has 1 rings (SSSR count). The highest BCUT2D eigenvalue weighted by Gasteiger charge is 2.40. The van der Waals surface area contributed by atoms with Crippen molar-refractivity contribution in [3.05, 3.63) is 0 Å². The Bertz CT molecular complexity index is 298. The van der Waals surface area contributed by atoms with Gasteiger partial charge in [0.15, 0.2) is 0 Å². The van der Waals surface area contributed by atoms with Crippen molar-refractivity contribution in [1.29, 1.82) is 5.26 Å². The Morgan fingerprint density at radius 3 is 2.53 bits per heavy atom. The monoisotopic (exact) mass is 238 g/mol. The van der Waals surface area contributed by atoms with Gasteiger partial charge < -0.3 is 9.64 Å². The standard InChI is InChI=1S/C13H22N2O2/c1-11(2)15(9-5-8-14)12(16)10-13(17-3)6-4-7-13/h11H,4-7,9-10H2,1-3H3. The predicted octanol–water partition coefficient (Wildman–Crippen LogP) is 2.10. The summed E-state index contributed by atoms with van der Waals surface area (Å²) in [6.45, 7) is 4.48. The highest BCUT2D eigenvalue weighted by molar-refractivity contribution is 5.77. The minimum absolute atomic E-state index is 0.108. The number of carbonyl (C=O) groups is 1. The fraction of sp³-hybridized carbons (Fsp3) is 0.846. The molecule has 0 aromatic carbocycles. The van der Waals surface area contributed by atoms with E-state index in [1.54, 1.807) is 12.0 Å². The van der Waals surface area contributed by atoms with Gasteiger partial charge in [-0.05, 0) is 33.1 Å². The van der Waals surface area contributed by atoms with Crippen LogP contribution in [0, 0.1) is 11.3 Å². The second kappa shape index (κ2) is 6.02. The van der Waals surface area contributed by atoms with E-state index in [0.29, 0.717) is 19.4 Å². The molecule has 0 aromatic rings. The first-order chi connectivity index (χ1) is 8.04. The number of nitriles is 1. The average Bonchev–Trinajstić information content (AvgIpc) is 2.23. The van der Waals surface area contributed by atoms with Gasteiger partial charge in [0.25, 0.3) is 0 Å². The van der Waals surface area contributed by atoms with Crippen LogP contribution in [0.2, 0.25) is 0 Å². The first kappa shape index (κ1) is 14.0. The fourth-order valence-corrected chi connectivity index (χ4v) is 2.24. The molecule has 4 nitrogen and oxygen atoms in total. The quantitative estimate of drug-likeness (QED) is 0.712. The molecule has 1 amide bonds. The summed E-state index contributed by atoms with van der Waals surface area (Å²) in [6.07, 6.45) is 3.93. The van der Waals surface area contributed by atoms with E-state index in [1.807, 2.05) is 13.8 Å². The van der Waals surface area contributed by atoms with Crippen LogP contribution in [-0.4, -0.2) is 36.1 Å². The van der Waals surface area contributed by atoms with E-state index in [-0.39, 0.29) is 17.6 Å². The Balaban J connectivity index is 2.56. The van der Waals surface area contributed by atoms with Crippen LogP contribution in [-0.2, 0) is 9.53 Å². The third-order valence-electron chi connectivity index (χ3n) is 3.58. The molecule has 0 spiro atoms. The molecule has 1 fully saturated rings. The molecule has 0 radical (unpaired) electrons. The zero-order valence-electron chi connectivity index (χ0n) is 11.0. The van der Waals surface area contributed by atoms with E-state index in [9.17, 15) is 4.79 Å². The number of carbonyl (C=O) groups excluding carboxylic acids is 1. The zero-order valence-corrected chi connectivity index (χ0v) is 11.0. The Kier molecular flexibility index (Phi) is 4.95. The molecule has 1 saturated carbocycles. The molecule has 4 heteroatoms. The third-order valence-corrected chi connectivity index (χ3v) is 3.58. The normalized spacial score (nSPS) is 17.4. The number of nitrogens with zero attached hydrogens (tertiary/aromatic N) is 2. The van der Waals surface area contributed by atoms with Gasteiger partial charge in [-0.2, -0.15) is 5.26 Å². The number of rotatable bonds is 6. The van der Waals surface area contributed by atoms with Gasteiger partial charge in [0, 0.05) is 19.7 Å². The number of methoxy groups -OCH3 is 1. The SMILES string of the molecule is COC1(CC(=O)N(CCC#N)C(C)C)CCC1. The number of amides is 1. The maximum Gasteiger partial charge on any atom is 0.225 e. The van der Waals surface area contributed by atoms with Gasteiger partial charge in [0.2, 0.25) is 5.91 Å². The Morgan fingerprint density at radius 2 is 2.18 bits per heavy atom. The lowest BCUT2D eigenvalue weighted by Gasteiger charge is -2.41. The first-order valence-electron chi connectivity index (χ1n) is 6.26. The van der Waals surface area contributed by atoms with Gasteiger partial charge in [0.05, 0.1) is 24.5 Å². The topological polar surface area (TPSA) is 53.3 Å². The molecule has 1 aliphatic rings. The van der Waals surface area contributed by atoms with Crippen LogP contribution < -0.4 is 0 Å². The summed E-state index contributed by atoms with van der Waals surface area (Å²) in [5, 5.41) is 8.60. The predicted molar refractivity (Wildman–Crippen MR) is 65.3 cm³/mol. The first-order valence-corrected chi connectivity index (χ1v) is 6.26. The zero-order chi connectivity index (χ0) is 12.9. The van der Waals surface area contributed by atoms with E-state index in [4.69, 9.17) is 10.00 Å². The van der Waals surface area contributed by atoms with Crippen molar-refractivity contribution in [3.63, 3.8) is 0 Å². The van der Waals surface area contributed by atoms with E-state index >= 15 is 0 Å². The molecule has 1 aliphatic carbocycles. The summed E-state index contributed by atoms with van der Waals surface area (Å²) in [7, 11) is 1.68. The maximum atomic E-state index is 12.2. The summed E-state index contributed by atoms with van der Waals surface area (Å²) in [5.41, 5.74) is -0.225. The van der Waals surface area contributed by atoms with Crippen molar-refractivity contribution in [1.82, 2.24) is 4.90 Å². The summed E-state index contributed by atoms with van der Waals surface area (Å²) in [5.74, 6) is 0.108. The number of hydrogen-bond acceptors (Lipinski definition) is 3. The van der Waals surface area contributed by atoms with Crippen LogP contribution >= 0.6 is 0 Å². The minimum Gasteiger partial charge on any atom is -0.378 e. The molecular weight excluding hydrogens is 216 g/mol. The van der Waals surface area contributed by atoms with Crippen LogP contribution in [0.15, 0.2) is 0 Å². The Hall–Kier alpha value is -1.08. The summed E-state index contributed by atoms with van der Waals surface area (Å²) >= 11 is 0. The largest absolute Gasteiger partial charge is 0.378 e. The second-order valence-corrected chi connectivity index (χ2v) is 5.01. The molecule has 0 unspecified atom stereocenters. The van der Waals surface area contributed by atoms with Crippen molar-refractivity contribution in [2.45, 2.75) is 57.6 Å². The molecule has 0 bridgehead atoms. The van der Waals surface area contributed by atoms with E-state index in [0.717, 1.165) is 19.3 Å². The van der Waals surface area contributed by atoms with Gasteiger partial charge in [-0.3, -0.25) is 4.79 Å². The number of hydrogen-bond donors (Lipinski definition) is 0. The molecule has 0 aromatic heterocycles. The minimum atomic E-state index is -0.225. The molecule has 0 atom stereocenters. The summed E-state index contributed by atoms with van der Waals surface area (Å²) in [4.78, 5) is 14.0. The summed E-state index contributed by atoms with van der Waals surface area (Å²) < 4.78 is 5.47. The van der Waals surface area contributed by atoms with Crippen LogP contribution in [0.25, 0.3) is 0 Å². The molecule has 0 heterocycles. The van der Waals surface area contributed by atoms with E-state index in [1.165, 1.54) is 0 Å². The molecule has 0 aliphatic heterocycles. The molecule has 17 heavy (non-hydrogen) atoms. The molecule has 0 N–H and O–H groups in total. The van der Waals surface area contributed by atoms with Gasteiger partial charge in [0.1, 0.15) is 0 Å². The smallest absolute Gasteiger partial charge is 0.225 e. The highest BCUT2D eigenvalue weighted by atomic mass is 16.5. The third kappa shape index (κ3) is 3.44. The van der Waals surface area contributed by atoms with Gasteiger partial charge in [-0.15, -0.1) is 0 Å². The lowest BCUT2D eigenvalue weighted by molar-refractivity contribution is -0.145. The van der Waals surface area contributed by atoms with Crippen molar-refractivity contribution in [2.24, 2.45) is 0 Å². The summed E-state index contributed by atoms with van der Waals surface area (Å²) in [6, 6.07) is 2.23. The van der Waals surface area contributed by atoms with E-state index < -0.39 is 0 Å². The van der Waals surface area contributed by atoms with Gasteiger partial charge >= 0.3 is 0 Å². The number of ether oxygens (including phenoxy) is 1. The highest BCUT2D eigenvalue weighted by Crippen LogP contribution is 2.38. The van der Waals surface area contributed by atoms with Crippen LogP contribution in [0.4, 0.5) is 0 Å². The van der Waals surface area contributed by atoms with Crippen molar-refractivity contribution < 1.29 is 9.53 Å². The average molecular weight is 238 g/mol. The maximum absolute atomic E-state index is 12.2. The van der Waals surface area contributed by atoms with Gasteiger partial charge in [-0.25, -0.2) is 0 Å². The lowest BCUT2D eigenvalue weighted by atomic mass is 9.77. The van der Waals surface area contributed by atoms with Crippen molar-refractivity contribution >= 4 is 5.91 Å². The molecular formula is C13H22N2O2. The van der Waals surface area contributed by atoms with Crippen LogP contribution in [0.1, 0.15) is 46.0 Å². The van der Waals surface area contributed by atoms with Crippen LogP contribution in [0.3, 0.4) is 0 Å². The molecule has 96 valence electrons. The fourth-order valence-electron chi connectivity index (χ4n) is 2.24. The Morgan fingerprint density at radius 1 is 1.53 bits per heavy atom. The van der Waals surface area contributed by atoms with Crippen molar-refractivity contribution in [2.75, 3.05) is 13.7 Å². The van der Waals surface area contributed by atoms with E-state index in [2.05, 4.69) is 6.07 Å². The van der Waals surface area contributed by atoms with Crippen molar-refractivity contribution in [3.8, 4) is 6.07 Å². The second-order valence-electron chi connectivity index (χ2n) is 5.01. The van der Waals surface area contributed by atoms with Crippen LogP contribution in [0.5, 0.6) is 0 Å². The lowest BCUT2D eigenvalue weighted by Crippen LogP contribution is -2.47. The molecule has 0 saturated heterocycles. The van der Waals surface area contributed by atoms with Gasteiger partial charge in [-0.1, -0.05) is 0 Å². The Labute approximate surface area is 104 Å².